The van der Waals surface area contributed by atoms with Crippen molar-refractivity contribution in [2.45, 2.75) is 11.9 Å². The molecule has 5 nitrogen and oxygen atoms in total. The van der Waals surface area contributed by atoms with Crippen molar-refractivity contribution in [1.29, 1.82) is 5.26 Å². The van der Waals surface area contributed by atoms with Crippen molar-refractivity contribution in [2.24, 2.45) is 0 Å². The second-order valence-electron chi connectivity index (χ2n) is 7.69. The van der Waals surface area contributed by atoms with E-state index in [9.17, 15) is 14.9 Å². The topological polar surface area (TPSA) is 82.8 Å². The van der Waals surface area contributed by atoms with Crippen molar-refractivity contribution >= 4 is 40.7 Å². The van der Waals surface area contributed by atoms with Crippen molar-refractivity contribution in [2.75, 3.05) is 11.1 Å². The number of pyridine rings is 1. The number of Topliss-reactive ketones (excluding diaryl/α,β-unsaturated/α-hetero) is 1. The van der Waals surface area contributed by atoms with Gasteiger partial charge in [0.1, 0.15) is 11.1 Å². The van der Waals surface area contributed by atoms with Gasteiger partial charge < -0.3 is 5.32 Å². The maximum atomic E-state index is 12.6. The van der Waals surface area contributed by atoms with E-state index in [0.29, 0.717) is 32.6 Å². The van der Waals surface area contributed by atoms with Crippen molar-refractivity contribution in [3.05, 3.63) is 101 Å². The molecule has 0 fully saturated rings. The Morgan fingerprint density at radius 3 is 2.29 bits per heavy atom. The zero-order valence-electron chi connectivity index (χ0n) is 18.8. The van der Waals surface area contributed by atoms with Crippen LogP contribution in [0, 0.1) is 11.3 Å². The third kappa shape index (κ3) is 5.96. The molecule has 172 valence electrons. The molecule has 0 bridgehead atoms. The van der Waals surface area contributed by atoms with Crippen LogP contribution in [0.2, 0.25) is 5.02 Å². The average Bonchev–Trinajstić information content (AvgIpc) is 2.88. The number of benzene rings is 3. The summed E-state index contributed by atoms with van der Waals surface area (Å²) in [6, 6.07) is 27.8. The molecule has 1 N–H and O–H groups in total. The molecular formula is C28H20ClN3O2S. The number of rotatable bonds is 7. The number of nitriles is 1. The van der Waals surface area contributed by atoms with Crippen LogP contribution >= 0.6 is 23.4 Å². The lowest BCUT2D eigenvalue weighted by Crippen LogP contribution is -2.14. The predicted molar refractivity (Wildman–Crippen MR) is 141 cm³/mol. The van der Waals surface area contributed by atoms with E-state index in [1.807, 2.05) is 48.5 Å². The zero-order chi connectivity index (χ0) is 24.8. The largest absolute Gasteiger partial charge is 0.325 e. The van der Waals surface area contributed by atoms with Crippen LogP contribution in [-0.2, 0) is 4.79 Å². The van der Waals surface area contributed by atoms with Gasteiger partial charge in [-0.05, 0) is 55.0 Å². The quantitative estimate of drug-likeness (QED) is 0.222. The van der Waals surface area contributed by atoms with Gasteiger partial charge in [0.15, 0.2) is 5.78 Å². The lowest BCUT2D eigenvalue weighted by Gasteiger charge is -2.13. The summed E-state index contributed by atoms with van der Waals surface area (Å²) in [5.74, 6) is -0.216. The van der Waals surface area contributed by atoms with Crippen LogP contribution < -0.4 is 5.32 Å². The van der Waals surface area contributed by atoms with Crippen LogP contribution in [0.25, 0.3) is 22.4 Å². The zero-order valence-corrected chi connectivity index (χ0v) is 20.4. The van der Waals surface area contributed by atoms with E-state index in [-0.39, 0.29) is 17.4 Å². The maximum Gasteiger partial charge on any atom is 0.234 e. The molecule has 1 aromatic heterocycles. The van der Waals surface area contributed by atoms with E-state index >= 15 is 0 Å². The molecule has 0 saturated carbocycles. The molecule has 35 heavy (non-hydrogen) atoms. The number of hydrogen-bond acceptors (Lipinski definition) is 5. The first kappa shape index (κ1) is 24.2. The molecule has 3 aromatic carbocycles. The smallest absolute Gasteiger partial charge is 0.234 e. The minimum atomic E-state index is -0.241. The van der Waals surface area contributed by atoms with Crippen molar-refractivity contribution < 1.29 is 9.59 Å². The third-order valence-electron chi connectivity index (χ3n) is 5.24. The lowest BCUT2D eigenvalue weighted by atomic mass is 9.99. The third-order valence-corrected chi connectivity index (χ3v) is 6.47. The molecule has 0 aliphatic rings. The van der Waals surface area contributed by atoms with E-state index in [4.69, 9.17) is 16.6 Å². The highest BCUT2D eigenvalue weighted by atomic mass is 35.5. The molecule has 4 aromatic rings. The summed E-state index contributed by atoms with van der Waals surface area (Å²) >= 11 is 7.25. The Balaban J connectivity index is 1.63. The van der Waals surface area contributed by atoms with Gasteiger partial charge in [0, 0.05) is 27.4 Å². The molecular weight excluding hydrogens is 478 g/mol. The van der Waals surface area contributed by atoms with Crippen molar-refractivity contribution in [3.63, 3.8) is 0 Å². The second kappa shape index (κ2) is 11.0. The van der Waals surface area contributed by atoms with Gasteiger partial charge in [-0.25, -0.2) is 4.98 Å². The minimum absolute atomic E-state index is 0.0386. The number of carbonyl (C=O) groups excluding carboxylic acids is 2. The van der Waals surface area contributed by atoms with Crippen LogP contribution in [0.3, 0.4) is 0 Å². The van der Waals surface area contributed by atoms with Crippen molar-refractivity contribution in [1.82, 2.24) is 4.98 Å². The fourth-order valence-electron chi connectivity index (χ4n) is 3.47. The fraction of sp³-hybridized carbons (Fsp3) is 0.0714. The number of nitrogens with one attached hydrogen (secondary N) is 1. The monoisotopic (exact) mass is 497 g/mol. The number of anilines is 1. The number of hydrogen-bond donors (Lipinski definition) is 1. The van der Waals surface area contributed by atoms with Crippen LogP contribution in [0.4, 0.5) is 5.69 Å². The summed E-state index contributed by atoms with van der Waals surface area (Å²) in [5, 5.41) is 13.9. The Morgan fingerprint density at radius 1 is 0.971 bits per heavy atom. The number of aromatic nitrogens is 1. The molecule has 0 radical (unpaired) electrons. The molecule has 0 aliphatic heterocycles. The molecule has 0 atom stereocenters. The molecule has 4 rings (SSSR count). The maximum absolute atomic E-state index is 12.6. The summed E-state index contributed by atoms with van der Waals surface area (Å²) < 4.78 is 0. The molecule has 1 heterocycles. The van der Waals surface area contributed by atoms with Gasteiger partial charge >= 0.3 is 0 Å². The van der Waals surface area contributed by atoms with Crippen LogP contribution in [0.15, 0.2) is 90.0 Å². The average molecular weight is 498 g/mol. The van der Waals surface area contributed by atoms with E-state index in [1.165, 1.54) is 18.7 Å². The fourth-order valence-corrected chi connectivity index (χ4v) is 4.40. The SMILES string of the molecule is CC(=O)c1ccc(NC(=O)CSc2nc(-c3ccc(Cl)cc3)cc(-c3ccccc3)c2C#N)cc1. The van der Waals surface area contributed by atoms with Crippen LogP contribution in [-0.4, -0.2) is 22.4 Å². The van der Waals surface area contributed by atoms with Crippen molar-refractivity contribution in [3.8, 4) is 28.5 Å². The Kier molecular flexibility index (Phi) is 7.61. The Labute approximate surface area is 212 Å². The molecule has 0 aliphatic carbocycles. The number of amides is 1. The first-order chi connectivity index (χ1) is 16.9. The number of ketones is 1. The van der Waals surface area contributed by atoms with Gasteiger partial charge in [0.2, 0.25) is 5.91 Å². The number of carbonyl (C=O) groups is 2. The van der Waals surface area contributed by atoms with Gasteiger partial charge in [0.25, 0.3) is 0 Å². The lowest BCUT2D eigenvalue weighted by molar-refractivity contribution is -0.113. The summed E-state index contributed by atoms with van der Waals surface area (Å²) in [7, 11) is 0. The summed E-state index contributed by atoms with van der Waals surface area (Å²) in [6.07, 6.45) is 0. The number of halogens is 1. The first-order valence-corrected chi connectivity index (χ1v) is 12.1. The summed E-state index contributed by atoms with van der Waals surface area (Å²) in [6.45, 7) is 1.49. The second-order valence-corrected chi connectivity index (χ2v) is 9.09. The number of thioether (sulfide) groups is 1. The normalized spacial score (nSPS) is 10.4. The van der Waals surface area contributed by atoms with Crippen LogP contribution in [0.1, 0.15) is 22.8 Å². The molecule has 0 spiro atoms. The van der Waals surface area contributed by atoms with E-state index in [2.05, 4.69) is 11.4 Å². The molecule has 1 amide bonds. The van der Waals surface area contributed by atoms with Gasteiger partial charge in [-0.3, -0.25) is 9.59 Å². The predicted octanol–water partition coefficient (Wildman–Crippen LogP) is 6.87. The highest BCUT2D eigenvalue weighted by molar-refractivity contribution is 8.00. The van der Waals surface area contributed by atoms with E-state index in [0.717, 1.165) is 16.7 Å². The van der Waals surface area contributed by atoms with Gasteiger partial charge in [-0.15, -0.1) is 0 Å². The highest BCUT2D eigenvalue weighted by Gasteiger charge is 2.17. The first-order valence-electron chi connectivity index (χ1n) is 10.7. The van der Waals surface area contributed by atoms with E-state index in [1.54, 1.807) is 36.4 Å². The number of nitrogens with zero attached hydrogens (tertiary/aromatic N) is 2. The molecule has 0 saturated heterocycles. The van der Waals surface area contributed by atoms with Gasteiger partial charge in [0.05, 0.1) is 17.0 Å². The Hall–Kier alpha value is -3.92. The molecule has 7 heteroatoms. The Morgan fingerprint density at radius 2 is 1.66 bits per heavy atom. The summed E-state index contributed by atoms with van der Waals surface area (Å²) in [5.41, 5.74) is 4.75. The van der Waals surface area contributed by atoms with Gasteiger partial charge in [-0.1, -0.05) is 65.8 Å². The van der Waals surface area contributed by atoms with Crippen LogP contribution in [0.5, 0.6) is 0 Å². The standard InChI is InChI=1S/C28H20ClN3O2S/c1-18(33)19-9-13-23(14-10-19)31-27(34)17-35-28-25(16-30)24(20-5-3-2-4-6-20)15-26(32-28)21-7-11-22(29)12-8-21/h2-15H,17H2,1H3,(H,31,34). The Bertz CT molecular complexity index is 1410. The summed E-state index contributed by atoms with van der Waals surface area (Å²) in [4.78, 5) is 28.8. The highest BCUT2D eigenvalue weighted by Crippen LogP contribution is 2.34. The van der Waals surface area contributed by atoms with E-state index < -0.39 is 0 Å². The molecule has 0 unspecified atom stereocenters. The van der Waals surface area contributed by atoms with Gasteiger partial charge in [-0.2, -0.15) is 5.26 Å². The minimum Gasteiger partial charge on any atom is -0.325 e.